The lowest BCUT2D eigenvalue weighted by Gasteiger charge is -2.43. The molecule has 2 aliphatic heterocycles. The Morgan fingerprint density at radius 2 is 1.24 bits per heavy atom. The van der Waals surface area contributed by atoms with Crippen molar-refractivity contribution in [1.82, 2.24) is 8.61 Å². The fourth-order valence-electron chi connectivity index (χ4n) is 5.72. The summed E-state index contributed by atoms with van der Waals surface area (Å²) < 4.78 is 59.2. The molecular weight excluding hydrogens is 572 g/mol. The normalized spacial score (nSPS) is 23.2. The summed E-state index contributed by atoms with van der Waals surface area (Å²) in [6, 6.07) is 21.1. The van der Waals surface area contributed by atoms with E-state index in [0.717, 1.165) is 21.2 Å². The first kappa shape index (κ1) is 26.6. The van der Waals surface area contributed by atoms with Gasteiger partial charge in [-0.25, -0.2) is 16.8 Å². The smallest absolute Gasteiger partial charge is 0.207 e. The molecule has 5 rings (SSSR count). The van der Waals surface area contributed by atoms with Gasteiger partial charge in [-0.1, -0.05) is 69.5 Å². The maximum atomic E-state index is 13.9. The zero-order valence-corrected chi connectivity index (χ0v) is 24.1. The molecule has 0 radical (unpaired) electrons. The van der Waals surface area contributed by atoms with E-state index in [1.54, 1.807) is 32.9 Å². The van der Waals surface area contributed by atoms with Crippen LogP contribution >= 0.6 is 15.9 Å². The average molecular weight is 604 g/mol. The molecule has 2 heterocycles. The van der Waals surface area contributed by atoms with Gasteiger partial charge in [-0.05, 0) is 74.9 Å². The van der Waals surface area contributed by atoms with E-state index in [0.29, 0.717) is 25.8 Å². The number of benzene rings is 3. The zero-order valence-electron chi connectivity index (χ0n) is 20.9. The second-order valence-electron chi connectivity index (χ2n) is 10.0. The van der Waals surface area contributed by atoms with Crippen molar-refractivity contribution in [2.45, 2.75) is 55.0 Å². The monoisotopic (exact) mass is 602 g/mol. The van der Waals surface area contributed by atoms with E-state index in [-0.39, 0.29) is 34.3 Å². The van der Waals surface area contributed by atoms with Crippen LogP contribution in [0.25, 0.3) is 0 Å². The Kier molecular flexibility index (Phi) is 7.37. The summed E-state index contributed by atoms with van der Waals surface area (Å²) >= 11 is 3.62. The van der Waals surface area contributed by atoms with Gasteiger partial charge in [-0.15, -0.1) is 0 Å². The third-order valence-electron chi connectivity index (χ3n) is 7.70. The highest BCUT2D eigenvalue weighted by molar-refractivity contribution is 9.10. The predicted octanol–water partition coefficient (Wildman–Crippen LogP) is 5.15. The van der Waals surface area contributed by atoms with Gasteiger partial charge in [0.15, 0.2) is 0 Å². The highest BCUT2D eigenvalue weighted by Crippen LogP contribution is 2.42. The van der Waals surface area contributed by atoms with Gasteiger partial charge in [0.25, 0.3) is 0 Å². The number of hydrogen-bond donors (Lipinski definition) is 0. The van der Waals surface area contributed by atoms with Crippen molar-refractivity contribution in [1.29, 1.82) is 0 Å². The minimum Gasteiger partial charge on any atom is -0.207 e. The molecule has 0 bridgehead atoms. The van der Waals surface area contributed by atoms with Gasteiger partial charge in [0.1, 0.15) is 0 Å². The third kappa shape index (κ3) is 5.04. The van der Waals surface area contributed by atoms with Crippen LogP contribution in [-0.4, -0.2) is 50.6 Å². The van der Waals surface area contributed by atoms with Gasteiger partial charge < -0.3 is 0 Å². The van der Waals surface area contributed by atoms with Crippen molar-refractivity contribution in [3.63, 3.8) is 0 Å². The lowest BCUT2D eigenvalue weighted by atomic mass is 9.83. The van der Waals surface area contributed by atoms with Crippen molar-refractivity contribution < 1.29 is 16.8 Å². The van der Waals surface area contributed by atoms with Gasteiger partial charge in [-0.2, -0.15) is 8.61 Å². The molecule has 37 heavy (non-hydrogen) atoms. The summed E-state index contributed by atoms with van der Waals surface area (Å²) in [7, 11) is -7.44. The van der Waals surface area contributed by atoms with Crippen LogP contribution in [0, 0.1) is 19.8 Å². The minimum atomic E-state index is -3.76. The lowest BCUT2D eigenvalue weighted by Crippen LogP contribution is -2.55. The van der Waals surface area contributed by atoms with Gasteiger partial charge in [0, 0.05) is 29.6 Å². The molecule has 2 aliphatic rings. The molecule has 0 spiro atoms. The molecule has 196 valence electrons. The standard InChI is InChI=1S/C28H31BrN2O4S2/c1-20-7-11-23(12-8-20)36(32,33)30-17-15-25-27(30)16-18-31(28(25)19-22-5-3-4-6-26(22)29)37(34,35)24-13-9-21(2)10-14-24/h3-14,25,27-28H,15-19H2,1-2H3/t25-,27+,28-/m1/s1. The van der Waals surface area contributed by atoms with Crippen LogP contribution in [0.5, 0.6) is 0 Å². The highest BCUT2D eigenvalue weighted by atomic mass is 79.9. The van der Waals surface area contributed by atoms with E-state index in [1.165, 1.54) is 0 Å². The van der Waals surface area contributed by atoms with Crippen molar-refractivity contribution in [2.24, 2.45) is 5.92 Å². The topological polar surface area (TPSA) is 74.8 Å². The summed E-state index contributed by atoms with van der Waals surface area (Å²) in [5.74, 6) is -0.110. The second kappa shape index (κ2) is 10.3. The average Bonchev–Trinajstić information content (AvgIpc) is 3.32. The van der Waals surface area contributed by atoms with E-state index in [9.17, 15) is 16.8 Å². The molecule has 2 fully saturated rings. The van der Waals surface area contributed by atoms with Crippen LogP contribution in [0.15, 0.2) is 87.1 Å². The van der Waals surface area contributed by atoms with E-state index in [2.05, 4.69) is 15.9 Å². The summed E-state index contributed by atoms with van der Waals surface area (Å²) in [6.07, 6.45) is 1.59. The first-order chi connectivity index (χ1) is 17.6. The Bertz CT molecular complexity index is 1490. The lowest BCUT2D eigenvalue weighted by molar-refractivity contribution is 0.138. The van der Waals surface area contributed by atoms with Gasteiger partial charge >= 0.3 is 0 Å². The molecule has 0 aromatic heterocycles. The molecule has 3 atom stereocenters. The van der Waals surface area contributed by atoms with Crippen LogP contribution in [0.4, 0.5) is 0 Å². The van der Waals surface area contributed by atoms with Gasteiger partial charge in [0.05, 0.1) is 9.79 Å². The van der Waals surface area contributed by atoms with Crippen LogP contribution in [0.3, 0.4) is 0 Å². The molecule has 0 aliphatic carbocycles. The van der Waals surface area contributed by atoms with E-state index < -0.39 is 20.0 Å². The largest absolute Gasteiger partial charge is 0.243 e. The molecule has 0 unspecified atom stereocenters. The van der Waals surface area contributed by atoms with Crippen molar-refractivity contribution >= 4 is 36.0 Å². The van der Waals surface area contributed by atoms with Crippen molar-refractivity contribution in [3.8, 4) is 0 Å². The van der Waals surface area contributed by atoms with Crippen LogP contribution in [0.2, 0.25) is 0 Å². The molecule has 0 amide bonds. The van der Waals surface area contributed by atoms with Crippen LogP contribution in [-0.2, 0) is 26.5 Å². The molecule has 6 nitrogen and oxygen atoms in total. The van der Waals surface area contributed by atoms with Crippen LogP contribution < -0.4 is 0 Å². The molecule has 3 aromatic rings. The molecule has 9 heteroatoms. The first-order valence-electron chi connectivity index (χ1n) is 12.5. The number of hydrogen-bond acceptors (Lipinski definition) is 4. The Morgan fingerprint density at radius 1 is 0.730 bits per heavy atom. The number of aryl methyl sites for hydroxylation is 2. The minimum absolute atomic E-state index is 0.110. The first-order valence-corrected chi connectivity index (χ1v) is 16.2. The summed E-state index contributed by atoms with van der Waals surface area (Å²) in [4.78, 5) is 0.562. The fraction of sp³-hybridized carbons (Fsp3) is 0.357. The maximum absolute atomic E-state index is 13.9. The molecular formula is C28H31BrN2O4S2. The Hall–Kier alpha value is -2.04. The number of fused-ring (bicyclic) bond motifs is 1. The number of sulfonamides is 2. The maximum Gasteiger partial charge on any atom is 0.243 e. The summed E-state index contributed by atoms with van der Waals surface area (Å²) in [5, 5.41) is 0. The number of piperidine rings is 1. The quantitative estimate of drug-likeness (QED) is 0.391. The van der Waals surface area contributed by atoms with Crippen molar-refractivity contribution in [3.05, 3.63) is 94.0 Å². The van der Waals surface area contributed by atoms with Gasteiger partial charge in [0.2, 0.25) is 20.0 Å². The Morgan fingerprint density at radius 3 is 1.81 bits per heavy atom. The Balaban J connectivity index is 1.52. The van der Waals surface area contributed by atoms with Crippen LogP contribution in [0.1, 0.15) is 29.5 Å². The molecule has 0 saturated carbocycles. The molecule has 0 N–H and O–H groups in total. The Labute approximate surface area is 228 Å². The second-order valence-corrected chi connectivity index (χ2v) is 14.7. The summed E-state index contributed by atoms with van der Waals surface area (Å²) in [6.45, 7) is 4.51. The zero-order chi connectivity index (χ0) is 26.4. The van der Waals surface area contributed by atoms with E-state index in [4.69, 9.17) is 0 Å². The van der Waals surface area contributed by atoms with E-state index in [1.807, 2.05) is 62.4 Å². The highest BCUT2D eigenvalue weighted by Gasteiger charge is 2.51. The summed E-state index contributed by atoms with van der Waals surface area (Å²) in [5.41, 5.74) is 3.01. The number of nitrogens with zero attached hydrogens (tertiary/aromatic N) is 2. The third-order valence-corrected chi connectivity index (χ3v) is 12.3. The fourth-order valence-corrected chi connectivity index (χ4v) is 9.57. The SMILES string of the molecule is Cc1ccc(S(=O)(=O)N2CC[C@H]3[C@@H](CCN3S(=O)(=O)c3ccc(C)cc3)[C@H]2Cc2ccccc2Br)cc1. The van der Waals surface area contributed by atoms with Crippen molar-refractivity contribution in [2.75, 3.05) is 13.1 Å². The van der Waals surface area contributed by atoms with E-state index >= 15 is 0 Å². The molecule has 2 saturated heterocycles. The predicted molar refractivity (Wildman–Crippen MR) is 148 cm³/mol. The number of rotatable bonds is 6. The van der Waals surface area contributed by atoms with Gasteiger partial charge in [-0.3, -0.25) is 0 Å². The molecule has 3 aromatic carbocycles. The number of halogens is 1.